The van der Waals surface area contributed by atoms with E-state index in [1.54, 1.807) is 24.3 Å². The molecular formula is C17H13N3O4. The first-order valence-electron chi connectivity index (χ1n) is 7.11. The van der Waals surface area contributed by atoms with Gasteiger partial charge in [-0.05, 0) is 11.6 Å². The molecule has 0 aromatic heterocycles. The number of nitrogens with zero attached hydrogens (tertiary/aromatic N) is 3. The molecule has 0 N–H and O–H groups in total. The maximum absolute atomic E-state index is 12.9. The molecule has 2 aromatic rings. The number of carbonyl (C=O) groups is 2. The van der Waals surface area contributed by atoms with Crippen LogP contribution in [0.1, 0.15) is 37.4 Å². The Bertz CT molecular complexity index is 914. The first-order valence-corrected chi connectivity index (χ1v) is 7.11. The molecule has 2 aromatic carbocycles. The van der Waals surface area contributed by atoms with Crippen molar-refractivity contribution in [1.29, 1.82) is 0 Å². The van der Waals surface area contributed by atoms with Crippen molar-refractivity contribution in [2.45, 2.75) is 6.54 Å². The first kappa shape index (κ1) is 15.6. The molecule has 7 heteroatoms. The molecule has 1 aliphatic carbocycles. The van der Waals surface area contributed by atoms with E-state index in [1.165, 1.54) is 20.3 Å². The van der Waals surface area contributed by atoms with Gasteiger partial charge in [0.1, 0.15) is 11.5 Å². The largest absolute Gasteiger partial charge is 0.496 e. The molecule has 0 saturated heterocycles. The van der Waals surface area contributed by atoms with Gasteiger partial charge in [-0.15, -0.1) is 0 Å². The highest BCUT2D eigenvalue weighted by molar-refractivity contribution is 6.29. The Labute approximate surface area is 137 Å². The van der Waals surface area contributed by atoms with Crippen LogP contribution in [-0.4, -0.2) is 25.8 Å². The predicted octanol–water partition coefficient (Wildman–Crippen LogP) is 3.29. The average Bonchev–Trinajstić information content (AvgIpc) is 2.63. The van der Waals surface area contributed by atoms with E-state index >= 15 is 0 Å². The number of benzene rings is 2. The fraction of sp³-hybridized carbons (Fsp3) is 0.176. The van der Waals surface area contributed by atoms with Crippen molar-refractivity contribution in [1.82, 2.24) is 0 Å². The smallest absolute Gasteiger partial charge is 0.198 e. The summed E-state index contributed by atoms with van der Waals surface area (Å²) >= 11 is 0. The quantitative estimate of drug-likeness (QED) is 0.417. The zero-order valence-corrected chi connectivity index (χ0v) is 13.1. The number of azide groups is 1. The molecule has 0 heterocycles. The van der Waals surface area contributed by atoms with E-state index in [0.717, 1.165) is 0 Å². The number of hydrogen-bond donors (Lipinski definition) is 0. The number of carbonyl (C=O) groups excluding carboxylic acids is 2. The third kappa shape index (κ3) is 2.19. The number of ketones is 2. The molecular weight excluding hydrogens is 310 g/mol. The van der Waals surface area contributed by atoms with E-state index in [-0.39, 0.29) is 35.0 Å². The van der Waals surface area contributed by atoms with Crippen LogP contribution in [0.3, 0.4) is 0 Å². The molecule has 0 fully saturated rings. The van der Waals surface area contributed by atoms with Gasteiger partial charge in [0.2, 0.25) is 0 Å². The molecule has 1 aliphatic rings. The predicted molar refractivity (Wildman–Crippen MR) is 85.7 cm³/mol. The fourth-order valence-corrected chi connectivity index (χ4v) is 2.90. The number of fused-ring (bicyclic) bond motifs is 2. The van der Waals surface area contributed by atoms with Crippen LogP contribution in [0, 0.1) is 0 Å². The summed E-state index contributed by atoms with van der Waals surface area (Å²) in [6.45, 7) is -0.0563. The molecule has 7 nitrogen and oxygen atoms in total. The maximum atomic E-state index is 12.9. The van der Waals surface area contributed by atoms with Crippen molar-refractivity contribution in [3.63, 3.8) is 0 Å². The molecule has 0 spiro atoms. The van der Waals surface area contributed by atoms with E-state index in [9.17, 15) is 9.59 Å². The lowest BCUT2D eigenvalue weighted by atomic mass is 9.82. The summed E-state index contributed by atoms with van der Waals surface area (Å²) in [5, 5.41) is 3.52. The van der Waals surface area contributed by atoms with Gasteiger partial charge >= 0.3 is 0 Å². The van der Waals surface area contributed by atoms with Crippen LogP contribution >= 0.6 is 0 Å². The number of hydrogen-bond acceptors (Lipinski definition) is 5. The van der Waals surface area contributed by atoms with Gasteiger partial charge < -0.3 is 9.47 Å². The van der Waals surface area contributed by atoms with E-state index in [4.69, 9.17) is 15.0 Å². The minimum absolute atomic E-state index is 0.0563. The molecule has 120 valence electrons. The molecule has 0 bridgehead atoms. The molecule has 0 radical (unpaired) electrons. The summed E-state index contributed by atoms with van der Waals surface area (Å²) in [7, 11) is 2.83. The Balaban J connectivity index is 2.34. The Morgan fingerprint density at radius 2 is 1.71 bits per heavy atom. The number of rotatable bonds is 4. The van der Waals surface area contributed by atoms with Crippen LogP contribution in [0.4, 0.5) is 0 Å². The second kappa shape index (κ2) is 6.06. The van der Waals surface area contributed by atoms with Gasteiger partial charge in [-0.25, -0.2) is 0 Å². The van der Waals surface area contributed by atoms with Crippen molar-refractivity contribution in [3.05, 3.63) is 68.6 Å². The molecule has 0 unspecified atom stereocenters. The normalized spacial score (nSPS) is 12.1. The monoisotopic (exact) mass is 323 g/mol. The summed E-state index contributed by atoms with van der Waals surface area (Å²) in [5.41, 5.74) is 10.1. The first-order chi connectivity index (χ1) is 11.6. The van der Waals surface area contributed by atoms with Crippen LogP contribution in [0.25, 0.3) is 10.4 Å². The van der Waals surface area contributed by atoms with Crippen molar-refractivity contribution < 1.29 is 19.1 Å². The Kier molecular flexibility index (Phi) is 3.93. The zero-order chi connectivity index (χ0) is 17.3. The Morgan fingerprint density at radius 1 is 1.04 bits per heavy atom. The van der Waals surface area contributed by atoms with E-state index in [1.807, 2.05) is 0 Å². The topological polar surface area (TPSA) is 101 Å². The molecule has 0 atom stereocenters. The maximum Gasteiger partial charge on any atom is 0.198 e. The summed E-state index contributed by atoms with van der Waals surface area (Å²) in [6.07, 6.45) is 0. The van der Waals surface area contributed by atoms with Crippen molar-refractivity contribution in [2.24, 2.45) is 5.11 Å². The standard InChI is InChI=1S/C17H13N3O4/c1-23-13-7-11-14(17(24-2)12(13)8-19-20-18)16(22)10-6-4-3-5-9(10)15(11)21/h3-7H,8H2,1-2H3. The van der Waals surface area contributed by atoms with Crippen LogP contribution < -0.4 is 9.47 Å². The molecule has 0 saturated carbocycles. The minimum Gasteiger partial charge on any atom is -0.496 e. The van der Waals surface area contributed by atoms with Crippen LogP contribution in [0.5, 0.6) is 11.5 Å². The molecule has 24 heavy (non-hydrogen) atoms. The third-order valence-electron chi connectivity index (χ3n) is 3.95. The van der Waals surface area contributed by atoms with Gasteiger partial charge in [0, 0.05) is 27.2 Å². The second-order valence-corrected chi connectivity index (χ2v) is 5.11. The van der Waals surface area contributed by atoms with E-state index in [0.29, 0.717) is 22.4 Å². The van der Waals surface area contributed by atoms with Gasteiger partial charge in [0.25, 0.3) is 0 Å². The third-order valence-corrected chi connectivity index (χ3v) is 3.95. The summed E-state index contributed by atoms with van der Waals surface area (Å²) < 4.78 is 10.7. The number of methoxy groups -OCH3 is 2. The van der Waals surface area contributed by atoms with Crippen LogP contribution in [0.15, 0.2) is 35.4 Å². The highest BCUT2D eigenvalue weighted by Crippen LogP contribution is 2.40. The summed E-state index contributed by atoms with van der Waals surface area (Å²) in [5.74, 6) is -0.0443. The van der Waals surface area contributed by atoms with Gasteiger partial charge in [0.05, 0.1) is 26.3 Å². The molecule has 0 amide bonds. The summed E-state index contributed by atoms with van der Waals surface area (Å²) in [4.78, 5) is 28.4. The molecule has 0 aliphatic heterocycles. The van der Waals surface area contributed by atoms with Gasteiger partial charge in [-0.2, -0.15) is 0 Å². The van der Waals surface area contributed by atoms with E-state index in [2.05, 4.69) is 10.0 Å². The fourth-order valence-electron chi connectivity index (χ4n) is 2.90. The highest BCUT2D eigenvalue weighted by atomic mass is 16.5. The Hall–Kier alpha value is -3.31. The number of ether oxygens (including phenoxy) is 2. The van der Waals surface area contributed by atoms with Gasteiger partial charge in [-0.3, -0.25) is 9.59 Å². The Morgan fingerprint density at radius 3 is 2.29 bits per heavy atom. The lowest BCUT2D eigenvalue weighted by Crippen LogP contribution is -2.22. The SMILES string of the molecule is COc1cc2c(c(OC)c1CN=[N+]=[N-])C(=O)c1ccccc1C2=O. The zero-order valence-electron chi connectivity index (χ0n) is 13.1. The van der Waals surface area contributed by atoms with Crippen molar-refractivity contribution in [3.8, 4) is 11.5 Å². The average molecular weight is 323 g/mol. The van der Waals surface area contributed by atoms with Crippen molar-refractivity contribution >= 4 is 11.6 Å². The van der Waals surface area contributed by atoms with Gasteiger partial charge in [0.15, 0.2) is 11.6 Å². The second-order valence-electron chi connectivity index (χ2n) is 5.11. The van der Waals surface area contributed by atoms with E-state index < -0.39 is 0 Å². The van der Waals surface area contributed by atoms with Crippen LogP contribution in [-0.2, 0) is 6.54 Å². The minimum atomic E-state index is -0.304. The van der Waals surface area contributed by atoms with Crippen molar-refractivity contribution in [2.75, 3.05) is 14.2 Å². The van der Waals surface area contributed by atoms with Gasteiger partial charge in [-0.1, -0.05) is 29.4 Å². The summed E-state index contributed by atoms with van der Waals surface area (Å²) in [6, 6.07) is 8.13. The lowest BCUT2D eigenvalue weighted by molar-refractivity contribution is 0.0976. The lowest BCUT2D eigenvalue weighted by Gasteiger charge is -2.23. The highest BCUT2D eigenvalue weighted by Gasteiger charge is 2.34. The van der Waals surface area contributed by atoms with Crippen LogP contribution in [0.2, 0.25) is 0 Å². The molecule has 3 rings (SSSR count).